The summed E-state index contributed by atoms with van der Waals surface area (Å²) in [7, 11) is 0. The molecule has 2 amide bonds. The summed E-state index contributed by atoms with van der Waals surface area (Å²) in [6.45, 7) is 7.74. The quantitative estimate of drug-likeness (QED) is 0.775. The maximum Gasteiger partial charge on any atom is 0.253 e. The third-order valence-corrected chi connectivity index (χ3v) is 5.20. The van der Waals surface area contributed by atoms with E-state index in [1.165, 1.54) is 5.57 Å². The average molecular weight is 392 g/mol. The summed E-state index contributed by atoms with van der Waals surface area (Å²) in [6.07, 6.45) is 4.87. The van der Waals surface area contributed by atoms with E-state index in [0.29, 0.717) is 13.1 Å². The van der Waals surface area contributed by atoms with Gasteiger partial charge >= 0.3 is 0 Å². The van der Waals surface area contributed by atoms with Crippen LogP contribution >= 0.6 is 12.4 Å². The smallest absolute Gasteiger partial charge is 0.253 e. The Morgan fingerprint density at radius 1 is 1.22 bits per heavy atom. The maximum absolute atomic E-state index is 12.9. The first-order valence-corrected chi connectivity index (χ1v) is 9.57. The maximum atomic E-state index is 12.9. The second kappa shape index (κ2) is 9.90. The number of halogens is 1. The molecule has 1 unspecified atom stereocenters. The Hall–Kier alpha value is -1.85. The molecule has 0 radical (unpaired) electrons. The molecule has 2 aliphatic heterocycles. The van der Waals surface area contributed by atoms with Crippen molar-refractivity contribution >= 4 is 24.2 Å². The Morgan fingerprint density at radius 2 is 1.96 bits per heavy atom. The summed E-state index contributed by atoms with van der Waals surface area (Å²) in [5, 5.41) is 6.34. The molecule has 0 spiro atoms. The van der Waals surface area contributed by atoms with Gasteiger partial charge in [0.15, 0.2) is 0 Å². The van der Waals surface area contributed by atoms with Gasteiger partial charge in [-0.15, -0.1) is 12.4 Å². The molecule has 1 fully saturated rings. The number of nitrogens with one attached hydrogen (secondary N) is 2. The summed E-state index contributed by atoms with van der Waals surface area (Å²) in [5.41, 5.74) is 4.20. The molecule has 148 valence electrons. The molecule has 0 aliphatic carbocycles. The van der Waals surface area contributed by atoms with Crippen LogP contribution in [-0.2, 0) is 4.79 Å². The highest BCUT2D eigenvalue weighted by atomic mass is 35.5. The van der Waals surface area contributed by atoms with Gasteiger partial charge in [0.2, 0.25) is 5.91 Å². The van der Waals surface area contributed by atoms with Gasteiger partial charge in [-0.05, 0) is 51.8 Å². The van der Waals surface area contributed by atoms with Crippen LogP contribution < -0.4 is 10.6 Å². The Labute approximate surface area is 168 Å². The molecule has 1 aromatic carbocycles. The number of aryl methyl sites for hydroxylation is 2. The zero-order chi connectivity index (χ0) is 18.5. The molecule has 1 atom stereocenters. The van der Waals surface area contributed by atoms with Crippen molar-refractivity contribution in [3.8, 4) is 0 Å². The molecule has 0 bridgehead atoms. The third-order valence-electron chi connectivity index (χ3n) is 5.20. The van der Waals surface area contributed by atoms with Gasteiger partial charge in [0.25, 0.3) is 5.91 Å². The Balaban J connectivity index is 0.00000261. The summed E-state index contributed by atoms with van der Waals surface area (Å²) >= 11 is 0. The van der Waals surface area contributed by atoms with Crippen molar-refractivity contribution < 1.29 is 9.59 Å². The number of likely N-dealkylation sites (tertiary alicyclic amines) is 1. The number of hydrogen-bond acceptors (Lipinski definition) is 3. The molecule has 5 nitrogen and oxygen atoms in total. The highest BCUT2D eigenvalue weighted by molar-refractivity contribution is 5.95. The minimum atomic E-state index is -0.110. The number of piperidine rings is 1. The Bertz CT molecular complexity index is 697. The fourth-order valence-electron chi connectivity index (χ4n) is 3.83. The van der Waals surface area contributed by atoms with Crippen molar-refractivity contribution in [3.05, 3.63) is 46.5 Å². The van der Waals surface area contributed by atoms with Crippen molar-refractivity contribution in [2.24, 2.45) is 5.92 Å². The van der Waals surface area contributed by atoms with E-state index < -0.39 is 0 Å². The molecule has 0 aromatic heterocycles. The molecule has 1 saturated heterocycles. The lowest BCUT2D eigenvalue weighted by Gasteiger charge is -2.32. The standard InChI is InChI=1S/C21H29N3O2.ClH/c1-15-10-16(2)12-19(11-15)21(26)24-9-3-4-18(14-24)20(25)23-13-17-5-7-22-8-6-17;/h5,10-12,18,22H,3-4,6-9,13-14H2,1-2H3,(H,23,25);1H. The van der Waals surface area contributed by atoms with Crippen LogP contribution in [0.5, 0.6) is 0 Å². The first-order chi connectivity index (χ1) is 12.5. The first-order valence-electron chi connectivity index (χ1n) is 9.57. The molecule has 2 aliphatic rings. The van der Waals surface area contributed by atoms with Crippen molar-refractivity contribution in [3.63, 3.8) is 0 Å². The number of carbonyl (C=O) groups is 2. The molecule has 2 heterocycles. The van der Waals surface area contributed by atoms with E-state index in [-0.39, 0.29) is 30.1 Å². The van der Waals surface area contributed by atoms with Gasteiger partial charge in [0, 0.05) is 31.7 Å². The molecule has 2 N–H and O–H groups in total. The van der Waals surface area contributed by atoms with Crippen LogP contribution in [0.4, 0.5) is 0 Å². The minimum absolute atomic E-state index is 0. The number of benzene rings is 1. The highest BCUT2D eigenvalue weighted by Gasteiger charge is 2.29. The fraction of sp³-hybridized carbons (Fsp3) is 0.524. The van der Waals surface area contributed by atoms with Crippen LogP contribution in [0.25, 0.3) is 0 Å². The van der Waals surface area contributed by atoms with E-state index in [0.717, 1.165) is 55.6 Å². The van der Waals surface area contributed by atoms with Crippen molar-refractivity contribution in [1.82, 2.24) is 15.5 Å². The van der Waals surface area contributed by atoms with Crippen LogP contribution in [0.15, 0.2) is 29.8 Å². The van der Waals surface area contributed by atoms with E-state index in [2.05, 4.69) is 22.8 Å². The number of amides is 2. The van der Waals surface area contributed by atoms with E-state index in [1.807, 2.05) is 30.9 Å². The topological polar surface area (TPSA) is 61.4 Å². The Kier molecular flexibility index (Phi) is 7.87. The van der Waals surface area contributed by atoms with Crippen molar-refractivity contribution in [2.75, 3.05) is 32.7 Å². The normalized spacial score (nSPS) is 19.7. The summed E-state index contributed by atoms with van der Waals surface area (Å²) in [4.78, 5) is 27.3. The van der Waals surface area contributed by atoms with E-state index >= 15 is 0 Å². The predicted molar refractivity (Wildman–Crippen MR) is 110 cm³/mol. The van der Waals surface area contributed by atoms with Gasteiger partial charge in [-0.2, -0.15) is 0 Å². The second-order valence-electron chi connectivity index (χ2n) is 7.50. The average Bonchev–Trinajstić information content (AvgIpc) is 2.65. The van der Waals surface area contributed by atoms with Gasteiger partial charge < -0.3 is 15.5 Å². The summed E-state index contributed by atoms with van der Waals surface area (Å²) in [5.74, 6) is -0.00126. The van der Waals surface area contributed by atoms with Gasteiger partial charge in [0.1, 0.15) is 0 Å². The van der Waals surface area contributed by atoms with E-state index in [9.17, 15) is 9.59 Å². The van der Waals surface area contributed by atoms with Crippen LogP contribution in [0.1, 0.15) is 40.7 Å². The highest BCUT2D eigenvalue weighted by Crippen LogP contribution is 2.20. The number of rotatable bonds is 4. The SMILES string of the molecule is Cc1cc(C)cc(C(=O)N2CCCC(C(=O)NCC3=CCNCC3)C2)c1.Cl. The molecular weight excluding hydrogens is 362 g/mol. The first kappa shape index (κ1) is 21.5. The van der Waals surface area contributed by atoms with E-state index in [4.69, 9.17) is 0 Å². The predicted octanol–water partition coefficient (Wildman–Crippen LogP) is 2.61. The Morgan fingerprint density at radius 3 is 2.63 bits per heavy atom. The van der Waals surface area contributed by atoms with Crippen LogP contribution in [-0.4, -0.2) is 49.4 Å². The lowest BCUT2D eigenvalue weighted by Crippen LogP contribution is -2.46. The van der Waals surface area contributed by atoms with Crippen LogP contribution in [0.2, 0.25) is 0 Å². The summed E-state index contributed by atoms with van der Waals surface area (Å²) < 4.78 is 0. The molecule has 3 rings (SSSR count). The molecule has 1 aromatic rings. The molecule has 27 heavy (non-hydrogen) atoms. The van der Waals surface area contributed by atoms with Gasteiger partial charge in [-0.1, -0.05) is 28.8 Å². The van der Waals surface area contributed by atoms with Gasteiger partial charge in [-0.25, -0.2) is 0 Å². The lowest BCUT2D eigenvalue weighted by molar-refractivity contribution is -0.126. The molecule has 6 heteroatoms. The zero-order valence-corrected chi connectivity index (χ0v) is 17.0. The summed E-state index contributed by atoms with van der Waals surface area (Å²) in [6, 6.07) is 5.93. The largest absolute Gasteiger partial charge is 0.352 e. The van der Waals surface area contributed by atoms with Crippen LogP contribution in [0, 0.1) is 19.8 Å². The molecule has 0 saturated carbocycles. The molecular formula is C21H30ClN3O2. The lowest BCUT2D eigenvalue weighted by atomic mass is 9.96. The number of carbonyl (C=O) groups excluding carboxylic acids is 2. The third kappa shape index (κ3) is 5.81. The fourth-order valence-corrected chi connectivity index (χ4v) is 3.83. The number of nitrogens with zero attached hydrogens (tertiary/aromatic N) is 1. The van der Waals surface area contributed by atoms with Crippen molar-refractivity contribution in [2.45, 2.75) is 33.1 Å². The number of hydrogen-bond donors (Lipinski definition) is 2. The van der Waals surface area contributed by atoms with Gasteiger partial charge in [0.05, 0.1) is 5.92 Å². The minimum Gasteiger partial charge on any atom is -0.352 e. The van der Waals surface area contributed by atoms with Gasteiger partial charge in [-0.3, -0.25) is 9.59 Å². The van der Waals surface area contributed by atoms with E-state index in [1.54, 1.807) is 0 Å². The zero-order valence-electron chi connectivity index (χ0n) is 16.2. The van der Waals surface area contributed by atoms with Crippen LogP contribution in [0.3, 0.4) is 0 Å². The van der Waals surface area contributed by atoms with Crippen molar-refractivity contribution in [1.29, 1.82) is 0 Å². The monoisotopic (exact) mass is 391 g/mol. The second-order valence-corrected chi connectivity index (χ2v) is 7.50.